The summed E-state index contributed by atoms with van der Waals surface area (Å²) in [6, 6.07) is 17.7. The fourth-order valence-electron chi connectivity index (χ4n) is 5.83. The lowest BCUT2D eigenvalue weighted by molar-refractivity contribution is -0.138. The Labute approximate surface area is 283 Å². The lowest BCUT2D eigenvalue weighted by Crippen LogP contribution is -2.16. The Balaban J connectivity index is 2.28. The van der Waals surface area contributed by atoms with Crippen LogP contribution in [0.5, 0.6) is 0 Å². The van der Waals surface area contributed by atoms with Gasteiger partial charge in [0.05, 0.1) is 25.8 Å². The van der Waals surface area contributed by atoms with Crippen LogP contribution in [-0.4, -0.2) is 37.8 Å². The van der Waals surface area contributed by atoms with Gasteiger partial charge in [0.2, 0.25) is 10.0 Å². The summed E-state index contributed by atoms with van der Waals surface area (Å²) in [5.41, 5.74) is -8.51. The molecule has 0 spiro atoms. The van der Waals surface area contributed by atoms with Gasteiger partial charge in [0, 0.05) is 34.8 Å². The number of sulfone groups is 2. The monoisotopic (exact) mass is 753 g/mol. The third-order valence-corrected chi connectivity index (χ3v) is 11.0. The molecule has 0 bridgehead atoms. The van der Waals surface area contributed by atoms with E-state index in [-0.39, 0.29) is 0 Å². The summed E-state index contributed by atoms with van der Waals surface area (Å²) in [7, 11) is -13.4. The van der Waals surface area contributed by atoms with Crippen molar-refractivity contribution in [2.75, 3.05) is 12.5 Å². The normalized spacial score (nSPS) is 13.0. The second-order valence-corrected chi connectivity index (χ2v) is 16.7. The molecule has 0 saturated carbocycles. The number of sulfonamides is 1. The van der Waals surface area contributed by atoms with Crippen LogP contribution in [0.2, 0.25) is 0 Å². The largest absolute Gasteiger partial charge is 0.417 e. The zero-order valence-electron chi connectivity index (χ0n) is 25.8. The van der Waals surface area contributed by atoms with Crippen LogP contribution in [0, 0.1) is 0 Å². The number of hydrogen-bond donors (Lipinski definition) is 1. The molecule has 0 radical (unpaired) electrons. The highest BCUT2D eigenvalue weighted by molar-refractivity contribution is 7.91. The summed E-state index contributed by atoms with van der Waals surface area (Å²) in [6.07, 6.45) is -9.06. The Morgan fingerprint density at radius 3 is 1.28 bits per heavy atom. The molecule has 0 amide bonds. The average molecular weight is 754 g/mol. The third kappa shape index (κ3) is 7.06. The Kier molecular flexibility index (Phi) is 9.32. The number of rotatable bonds is 7. The second kappa shape index (κ2) is 12.7. The molecular weight excluding hydrogens is 729 g/mol. The van der Waals surface area contributed by atoms with E-state index < -0.39 is 112 Å². The number of nitrogens with two attached hydrogens (primary N) is 1. The van der Waals surface area contributed by atoms with Crippen molar-refractivity contribution in [2.24, 2.45) is 5.14 Å². The fourth-order valence-corrected chi connectivity index (χ4v) is 8.37. The maximum atomic E-state index is 15.4. The number of halogens is 6. The molecule has 0 heterocycles. The number of benzene rings is 5. The van der Waals surface area contributed by atoms with Gasteiger partial charge in [-0.15, -0.1) is 0 Å². The first-order chi connectivity index (χ1) is 23.0. The molecule has 0 aromatic heterocycles. The van der Waals surface area contributed by atoms with E-state index in [9.17, 15) is 38.4 Å². The van der Waals surface area contributed by atoms with Crippen molar-refractivity contribution < 1.29 is 51.6 Å². The third-order valence-electron chi connectivity index (χ3n) is 7.73. The molecule has 50 heavy (non-hydrogen) atoms. The van der Waals surface area contributed by atoms with Gasteiger partial charge in [-0.25, -0.2) is 30.4 Å². The predicted molar refractivity (Wildman–Crippen MR) is 176 cm³/mol. The first-order valence-corrected chi connectivity index (χ1v) is 19.5. The summed E-state index contributed by atoms with van der Waals surface area (Å²) in [5.74, 6) is 0. The maximum absolute atomic E-state index is 15.4. The molecule has 0 fully saturated rings. The standard InChI is InChI=1S/C34H25F6NO6S3/c1-48(42,43)27-16-8-4-11-20(27)24-19-26(34(38,39)40)31(22-13-5-9-17-28(22)49(2,44)45)32(23-14-6-10-18-29(23)50(41,46)47)30(24)21-12-3-7-15-25(21)33(35,36)37/h3-19H,1-2H3,(H2,41,46,47). The summed E-state index contributed by atoms with van der Waals surface area (Å²) >= 11 is 0. The molecule has 0 saturated heterocycles. The number of hydrogen-bond acceptors (Lipinski definition) is 6. The fraction of sp³-hybridized carbons (Fsp3) is 0.118. The van der Waals surface area contributed by atoms with Crippen LogP contribution in [0.3, 0.4) is 0 Å². The molecule has 7 nitrogen and oxygen atoms in total. The second-order valence-electron chi connectivity index (χ2n) is 11.2. The minimum Gasteiger partial charge on any atom is -0.225 e. The van der Waals surface area contributed by atoms with Crippen LogP contribution in [0.1, 0.15) is 11.1 Å². The predicted octanol–water partition coefficient (Wildman–Crippen LogP) is 7.85. The van der Waals surface area contributed by atoms with E-state index in [1.807, 2.05) is 0 Å². The SMILES string of the molecule is CS(=O)(=O)c1ccccc1-c1cc(C(F)(F)F)c(-c2ccccc2S(C)(=O)=O)c(-c2ccccc2S(N)(=O)=O)c1-c1ccccc1C(F)(F)F. The Bertz CT molecular complexity index is 2490. The van der Waals surface area contributed by atoms with E-state index in [1.165, 1.54) is 36.4 Å². The quantitative estimate of drug-likeness (QED) is 0.169. The Hall–Kier alpha value is -4.51. The molecule has 5 aromatic carbocycles. The van der Waals surface area contributed by atoms with E-state index in [2.05, 4.69) is 0 Å². The molecular formula is C34H25F6NO6S3. The molecule has 0 aliphatic heterocycles. The van der Waals surface area contributed by atoms with Crippen molar-refractivity contribution in [2.45, 2.75) is 27.0 Å². The van der Waals surface area contributed by atoms with Gasteiger partial charge >= 0.3 is 12.4 Å². The van der Waals surface area contributed by atoms with Crippen LogP contribution in [0.4, 0.5) is 26.3 Å². The van der Waals surface area contributed by atoms with Gasteiger partial charge in [-0.2, -0.15) is 26.3 Å². The molecule has 262 valence electrons. The van der Waals surface area contributed by atoms with Crippen LogP contribution in [0.25, 0.3) is 44.5 Å². The summed E-state index contributed by atoms with van der Waals surface area (Å²) in [4.78, 5) is -2.00. The molecule has 0 aliphatic rings. The molecule has 5 aromatic rings. The van der Waals surface area contributed by atoms with Crippen molar-refractivity contribution >= 4 is 29.7 Å². The molecule has 5 rings (SSSR count). The lowest BCUT2D eigenvalue weighted by atomic mass is 9.79. The number of alkyl halides is 6. The van der Waals surface area contributed by atoms with Crippen LogP contribution in [0.15, 0.2) is 118 Å². The van der Waals surface area contributed by atoms with Crippen LogP contribution < -0.4 is 5.14 Å². The minimum atomic E-state index is -5.39. The molecule has 2 N–H and O–H groups in total. The average Bonchev–Trinajstić information content (AvgIpc) is 3.01. The maximum Gasteiger partial charge on any atom is 0.417 e. The van der Waals surface area contributed by atoms with E-state index in [1.54, 1.807) is 0 Å². The Morgan fingerprint density at radius 2 is 0.820 bits per heavy atom. The van der Waals surface area contributed by atoms with Crippen LogP contribution in [-0.2, 0) is 42.1 Å². The van der Waals surface area contributed by atoms with Crippen molar-refractivity contribution in [3.63, 3.8) is 0 Å². The zero-order chi connectivity index (χ0) is 37.0. The van der Waals surface area contributed by atoms with Gasteiger partial charge < -0.3 is 0 Å². The zero-order valence-corrected chi connectivity index (χ0v) is 28.3. The van der Waals surface area contributed by atoms with E-state index >= 15 is 13.2 Å². The Morgan fingerprint density at radius 1 is 0.440 bits per heavy atom. The van der Waals surface area contributed by atoms with Crippen LogP contribution >= 0.6 is 0 Å². The van der Waals surface area contributed by atoms with Crippen molar-refractivity contribution in [1.82, 2.24) is 0 Å². The molecule has 0 atom stereocenters. The topological polar surface area (TPSA) is 128 Å². The van der Waals surface area contributed by atoms with E-state index in [0.717, 1.165) is 60.9 Å². The molecule has 0 aliphatic carbocycles. The van der Waals surface area contributed by atoms with Crippen molar-refractivity contribution in [3.8, 4) is 44.5 Å². The van der Waals surface area contributed by atoms with Crippen molar-refractivity contribution in [3.05, 3.63) is 114 Å². The highest BCUT2D eigenvalue weighted by Crippen LogP contribution is 2.55. The van der Waals surface area contributed by atoms with Gasteiger partial charge in [-0.3, -0.25) is 0 Å². The van der Waals surface area contributed by atoms with Gasteiger partial charge in [-0.05, 0) is 52.6 Å². The highest BCUT2D eigenvalue weighted by atomic mass is 32.2. The van der Waals surface area contributed by atoms with Gasteiger partial charge in [0.25, 0.3) is 0 Å². The minimum absolute atomic E-state index is 0.440. The first-order valence-electron chi connectivity index (χ1n) is 14.2. The van der Waals surface area contributed by atoms with Gasteiger partial charge in [0.15, 0.2) is 19.7 Å². The number of primary sulfonamides is 1. The van der Waals surface area contributed by atoms with E-state index in [4.69, 9.17) is 5.14 Å². The first kappa shape index (κ1) is 36.8. The molecule has 16 heteroatoms. The summed E-state index contributed by atoms with van der Waals surface area (Å²) < 4.78 is 169. The van der Waals surface area contributed by atoms with E-state index in [0.29, 0.717) is 18.4 Å². The van der Waals surface area contributed by atoms with Gasteiger partial charge in [-0.1, -0.05) is 72.8 Å². The summed E-state index contributed by atoms with van der Waals surface area (Å²) in [5, 5.41) is 5.52. The van der Waals surface area contributed by atoms with Gasteiger partial charge in [0.1, 0.15) is 0 Å². The van der Waals surface area contributed by atoms with Crippen molar-refractivity contribution in [1.29, 1.82) is 0 Å². The smallest absolute Gasteiger partial charge is 0.225 e. The highest BCUT2D eigenvalue weighted by Gasteiger charge is 2.41. The molecule has 0 unspecified atom stereocenters. The summed E-state index contributed by atoms with van der Waals surface area (Å²) in [6.45, 7) is 0. The lowest BCUT2D eigenvalue weighted by Gasteiger charge is -2.28.